The Morgan fingerprint density at radius 1 is 1.19 bits per heavy atom. The number of hydrogen-bond donors (Lipinski definition) is 2. The molecule has 1 fully saturated rings. The van der Waals surface area contributed by atoms with Gasteiger partial charge in [-0.05, 0) is 59.9 Å². The Hall–Kier alpha value is -2.17. The van der Waals surface area contributed by atoms with Crippen molar-refractivity contribution in [2.24, 2.45) is 0 Å². The molecular formula is C30H51N4O7P. The van der Waals surface area contributed by atoms with Crippen LogP contribution in [0.1, 0.15) is 112 Å². The van der Waals surface area contributed by atoms with Gasteiger partial charge < -0.3 is 19.1 Å². The summed E-state index contributed by atoms with van der Waals surface area (Å²) >= 11 is 0. The van der Waals surface area contributed by atoms with E-state index in [1.165, 1.54) is 22.9 Å². The first-order chi connectivity index (χ1) is 20.5. The zero-order chi connectivity index (χ0) is 31.9. The fourth-order valence-corrected chi connectivity index (χ4v) is 6.51. The van der Waals surface area contributed by atoms with Gasteiger partial charge in [-0.15, -0.1) is 0 Å². The van der Waals surface area contributed by atoms with Crippen LogP contribution in [-0.4, -0.2) is 63.9 Å². The second kappa shape index (κ2) is 18.5. The van der Waals surface area contributed by atoms with Gasteiger partial charge in [0.1, 0.15) is 12.0 Å². The third-order valence-electron chi connectivity index (χ3n) is 6.99. The van der Waals surface area contributed by atoms with Crippen molar-refractivity contribution in [1.82, 2.24) is 19.5 Å². The van der Waals surface area contributed by atoms with Crippen molar-refractivity contribution in [2.45, 2.75) is 130 Å². The highest BCUT2D eigenvalue weighted by Crippen LogP contribution is 2.49. The third kappa shape index (κ3) is 11.5. The smallest absolute Gasteiger partial charge is 0.330 e. The molecule has 2 heterocycles. The fourth-order valence-electron chi connectivity index (χ4n) is 4.92. The van der Waals surface area contributed by atoms with Crippen molar-refractivity contribution in [2.75, 3.05) is 13.7 Å². The van der Waals surface area contributed by atoms with E-state index in [1.807, 2.05) is 6.92 Å². The number of H-pyrrole nitrogens is 1. The van der Waals surface area contributed by atoms with E-state index >= 15 is 0 Å². The van der Waals surface area contributed by atoms with Crippen LogP contribution in [0, 0.1) is 0 Å². The lowest BCUT2D eigenvalue weighted by molar-refractivity contribution is -0.119. The van der Waals surface area contributed by atoms with E-state index in [0.717, 1.165) is 38.5 Å². The van der Waals surface area contributed by atoms with Gasteiger partial charge in [-0.3, -0.25) is 23.9 Å². The Balaban J connectivity index is 1.95. The molecule has 1 aliphatic rings. The van der Waals surface area contributed by atoms with E-state index in [-0.39, 0.29) is 30.5 Å². The molecule has 12 heteroatoms. The van der Waals surface area contributed by atoms with Crippen molar-refractivity contribution < 1.29 is 24.7 Å². The molecule has 0 aliphatic carbocycles. The maximum atomic E-state index is 12.7. The molecule has 1 aromatic rings. The highest BCUT2D eigenvalue weighted by atomic mass is 31.2. The molecule has 4 atom stereocenters. The van der Waals surface area contributed by atoms with Crippen LogP contribution in [0.5, 0.6) is 0 Å². The topological polar surface area (TPSA) is 132 Å². The SMILES string of the molecule is [2H]C[C@H]1O[C@@H](n2cc(/C=C/C(=O)NCCCCCCCC(=O)CCC)c(=O)[nH]c2=O)C[C@H]1OP(OC)N(C(C)C)C(C)C. The van der Waals surface area contributed by atoms with Crippen LogP contribution in [-0.2, 0) is 23.4 Å². The zero-order valence-corrected chi connectivity index (χ0v) is 27.0. The van der Waals surface area contributed by atoms with Crippen LogP contribution < -0.4 is 16.6 Å². The predicted molar refractivity (Wildman–Crippen MR) is 166 cm³/mol. The second-order valence-corrected chi connectivity index (χ2v) is 12.7. The summed E-state index contributed by atoms with van der Waals surface area (Å²) in [5.74, 6) is -0.00653. The molecule has 2 N–H and O–H groups in total. The largest absolute Gasteiger partial charge is 0.353 e. The van der Waals surface area contributed by atoms with Gasteiger partial charge in [0.25, 0.3) is 14.1 Å². The number of carbonyl (C=O) groups excluding carboxylic acids is 2. The molecule has 2 rings (SSSR count). The average molecular weight is 612 g/mol. The minimum atomic E-state index is -1.42. The Morgan fingerprint density at radius 3 is 2.52 bits per heavy atom. The highest BCUT2D eigenvalue weighted by Gasteiger charge is 2.39. The van der Waals surface area contributed by atoms with Crippen LogP contribution in [0.3, 0.4) is 0 Å². The molecule has 11 nitrogen and oxygen atoms in total. The van der Waals surface area contributed by atoms with Crippen molar-refractivity contribution in [3.05, 3.63) is 38.7 Å². The van der Waals surface area contributed by atoms with E-state index < -0.39 is 38.2 Å². The van der Waals surface area contributed by atoms with E-state index in [2.05, 4.69) is 42.7 Å². The molecule has 0 bridgehead atoms. The third-order valence-corrected chi connectivity index (χ3v) is 9.05. The number of carbonyl (C=O) groups is 2. The Morgan fingerprint density at radius 2 is 1.88 bits per heavy atom. The molecule has 1 aliphatic heterocycles. The lowest BCUT2D eigenvalue weighted by Gasteiger charge is -2.36. The number of hydrogen-bond acceptors (Lipinski definition) is 8. The fraction of sp³-hybridized carbons (Fsp3) is 0.733. The monoisotopic (exact) mass is 611 g/mol. The number of nitrogens with one attached hydrogen (secondary N) is 2. The van der Waals surface area contributed by atoms with Crippen molar-refractivity contribution in [1.29, 1.82) is 0 Å². The summed E-state index contributed by atoms with van der Waals surface area (Å²) in [6.07, 6.45) is 9.41. The Kier molecular flexibility index (Phi) is 15.1. The van der Waals surface area contributed by atoms with E-state index in [0.29, 0.717) is 31.6 Å². The number of ether oxygens (including phenoxy) is 1. The van der Waals surface area contributed by atoms with Gasteiger partial charge in [-0.1, -0.05) is 26.2 Å². The summed E-state index contributed by atoms with van der Waals surface area (Å²) in [5.41, 5.74) is -1.12. The standard InChI is InChI=1S/C30H51N4O7P/c1-8-14-25(35)15-12-10-9-11-13-18-31-27(36)17-16-24-20-33(30(38)32-29(24)37)28-19-26(23(6)40-28)41-42(39-7)34(21(2)3)22(4)5/h16-17,20-23,26,28H,8-15,18-19H2,1-7H3,(H,31,36)(H,32,37,38)/b17-16+/t23-,26-,28-,42?/m1/s1/i6D. The molecule has 238 valence electrons. The van der Waals surface area contributed by atoms with Gasteiger partial charge >= 0.3 is 5.69 Å². The second-order valence-electron chi connectivity index (χ2n) is 11.2. The van der Waals surface area contributed by atoms with Crippen molar-refractivity contribution in [3.8, 4) is 0 Å². The van der Waals surface area contributed by atoms with Gasteiger partial charge in [0.05, 0.1) is 17.8 Å². The molecule has 1 saturated heterocycles. The minimum absolute atomic E-state index is 0.0684. The number of aromatic nitrogens is 2. The maximum Gasteiger partial charge on any atom is 0.330 e. The number of nitrogens with zero attached hydrogens (tertiary/aromatic N) is 2. The quantitative estimate of drug-likeness (QED) is 0.126. The summed E-state index contributed by atoms with van der Waals surface area (Å²) in [5, 5.41) is 2.81. The number of aromatic amines is 1. The normalized spacial score (nSPS) is 20.1. The molecule has 0 aromatic carbocycles. The van der Waals surface area contributed by atoms with Gasteiger partial charge in [0.2, 0.25) is 5.91 Å². The molecule has 0 spiro atoms. The summed E-state index contributed by atoms with van der Waals surface area (Å²) < 4.78 is 29.4. The van der Waals surface area contributed by atoms with Gasteiger partial charge in [-0.2, -0.15) is 0 Å². The Labute approximate surface area is 252 Å². The van der Waals surface area contributed by atoms with Crippen LogP contribution in [0.4, 0.5) is 0 Å². The molecule has 0 radical (unpaired) electrons. The number of ketones is 1. The van der Waals surface area contributed by atoms with Gasteiger partial charge in [0.15, 0.2) is 0 Å². The first kappa shape index (κ1) is 34.3. The summed E-state index contributed by atoms with van der Waals surface area (Å²) in [4.78, 5) is 51.4. The zero-order valence-electron chi connectivity index (χ0n) is 27.1. The highest BCUT2D eigenvalue weighted by molar-refractivity contribution is 7.44. The van der Waals surface area contributed by atoms with Crippen LogP contribution in [0.25, 0.3) is 6.08 Å². The van der Waals surface area contributed by atoms with E-state index in [1.54, 1.807) is 7.11 Å². The van der Waals surface area contributed by atoms with Crippen LogP contribution >= 0.6 is 8.53 Å². The molecule has 42 heavy (non-hydrogen) atoms. The number of Topliss-reactive ketones (excluding diaryl/α,β-unsaturated/α-hetero) is 1. The van der Waals surface area contributed by atoms with E-state index in [4.69, 9.17) is 15.2 Å². The molecular weight excluding hydrogens is 559 g/mol. The molecule has 1 aromatic heterocycles. The lowest BCUT2D eigenvalue weighted by atomic mass is 10.1. The summed E-state index contributed by atoms with van der Waals surface area (Å²) in [6.45, 7) is 10.7. The predicted octanol–water partition coefficient (Wildman–Crippen LogP) is 5.06. The first-order valence-electron chi connectivity index (χ1n) is 15.8. The van der Waals surface area contributed by atoms with Crippen LogP contribution in [0.15, 0.2) is 21.9 Å². The van der Waals surface area contributed by atoms with Gasteiger partial charge in [-0.25, -0.2) is 9.46 Å². The summed E-state index contributed by atoms with van der Waals surface area (Å²) in [7, 11) is 0.169. The first-order valence-corrected chi connectivity index (χ1v) is 16.2. The van der Waals surface area contributed by atoms with Crippen LogP contribution in [0.2, 0.25) is 0 Å². The van der Waals surface area contributed by atoms with Gasteiger partial charge in [0, 0.05) is 58.6 Å². The molecule has 1 amide bonds. The lowest BCUT2D eigenvalue weighted by Crippen LogP contribution is -2.35. The Bertz CT molecular complexity index is 1150. The van der Waals surface area contributed by atoms with E-state index in [9.17, 15) is 19.2 Å². The average Bonchev–Trinajstić information content (AvgIpc) is 3.35. The van der Waals surface area contributed by atoms with Crippen molar-refractivity contribution in [3.63, 3.8) is 0 Å². The molecule has 0 saturated carbocycles. The maximum absolute atomic E-state index is 12.7. The number of unbranched alkanes of at least 4 members (excludes halogenated alkanes) is 4. The minimum Gasteiger partial charge on any atom is -0.353 e. The number of rotatable bonds is 19. The van der Waals surface area contributed by atoms with Crippen molar-refractivity contribution >= 4 is 26.3 Å². The molecule has 1 unspecified atom stereocenters. The summed E-state index contributed by atoms with van der Waals surface area (Å²) in [6, 6.07) is 0.343. The number of amides is 1.